The molecule has 0 aromatic carbocycles. The Morgan fingerprint density at radius 2 is 1.35 bits per heavy atom. The monoisotopic (exact) mass is 244 g/mol. The Morgan fingerprint density at radius 1 is 0.765 bits per heavy atom. The van der Waals surface area contributed by atoms with E-state index in [0.29, 0.717) is 5.92 Å². The normalized spacial score (nSPS) is 14.8. The summed E-state index contributed by atoms with van der Waals surface area (Å²) in [5.74, 6) is 0.635. The van der Waals surface area contributed by atoms with Crippen LogP contribution in [0.25, 0.3) is 0 Å². The lowest BCUT2D eigenvalue weighted by molar-refractivity contribution is 0.265. The van der Waals surface area contributed by atoms with Crippen LogP contribution in [-0.2, 0) is 0 Å². The molecule has 0 aliphatic heterocycles. The number of rotatable bonds is 12. The van der Waals surface area contributed by atoms with Crippen molar-refractivity contribution in [2.24, 2.45) is 5.92 Å². The van der Waals surface area contributed by atoms with Crippen LogP contribution in [0.5, 0.6) is 0 Å². The van der Waals surface area contributed by atoms with Crippen molar-refractivity contribution in [3.8, 4) is 0 Å². The van der Waals surface area contributed by atoms with Crippen molar-refractivity contribution in [3.63, 3.8) is 0 Å². The van der Waals surface area contributed by atoms with E-state index in [0.717, 1.165) is 6.42 Å². The third-order valence-corrected chi connectivity index (χ3v) is 3.57. The van der Waals surface area contributed by atoms with Crippen molar-refractivity contribution < 1.29 is 4.39 Å². The van der Waals surface area contributed by atoms with Crippen molar-refractivity contribution in [3.05, 3.63) is 0 Å². The molecule has 0 fully saturated rings. The van der Waals surface area contributed by atoms with Gasteiger partial charge in [-0.2, -0.15) is 0 Å². The summed E-state index contributed by atoms with van der Waals surface area (Å²) < 4.78 is 13.0. The number of unbranched alkanes of at least 4 members (excludes halogenated alkanes) is 6. The molecule has 0 spiro atoms. The van der Waals surface area contributed by atoms with E-state index in [1.807, 2.05) is 0 Å². The molecule has 104 valence electrons. The Kier molecular flexibility index (Phi) is 12.3. The fourth-order valence-electron chi connectivity index (χ4n) is 2.64. The van der Waals surface area contributed by atoms with E-state index >= 15 is 0 Å². The van der Waals surface area contributed by atoms with Gasteiger partial charge in [0.05, 0.1) is 6.17 Å². The van der Waals surface area contributed by atoms with E-state index < -0.39 is 6.17 Å². The summed E-state index contributed by atoms with van der Waals surface area (Å²) in [5, 5.41) is 0. The van der Waals surface area contributed by atoms with Crippen molar-refractivity contribution in [1.82, 2.24) is 0 Å². The van der Waals surface area contributed by atoms with Crippen molar-refractivity contribution in [2.45, 2.75) is 97.6 Å². The van der Waals surface area contributed by atoms with Crippen LogP contribution >= 0.6 is 0 Å². The highest BCUT2D eigenvalue weighted by Crippen LogP contribution is 2.22. The van der Waals surface area contributed by atoms with Gasteiger partial charge in [0.25, 0.3) is 0 Å². The highest BCUT2D eigenvalue weighted by atomic mass is 19.1. The maximum Gasteiger partial charge on any atom is 0.0976 e. The van der Waals surface area contributed by atoms with Gasteiger partial charge in [-0.05, 0) is 19.3 Å². The average molecular weight is 244 g/mol. The van der Waals surface area contributed by atoms with Gasteiger partial charge in [0, 0.05) is 0 Å². The Bertz CT molecular complexity index is 142. The van der Waals surface area contributed by atoms with Crippen LogP contribution in [0.1, 0.15) is 91.4 Å². The summed E-state index contributed by atoms with van der Waals surface area (Å²) in [5.41, 5.74) is 0. The van der Waals surface area contributed by atoms with E-state index in [2.05, 4.69) is 13.8 Å². The van der Waals surface area contributed by atoms with E-state index in [-0.39, 0.29) is 0 Å². The molecule has 0 heterocycles. The number of halogens is 1. The van der Waals surface area contributed by atoms with Crippen molar-refractivity contribution >= 4 is 0 Å². The van der Waals surface area contributed by atoms with E-state index in [1.165, 1.54) is 64.2 Å². The molecule has 0 unspecified atom stereocenters. The van der Waals surface area contributed by atoms with Gasteiger partial charge in [-0.3, -0.25) is 0 Å². The van der Waals surface area contributed by atoms with E-state index in [4.69, 9.17) is 0 Å². The lowest BCUT2D eigenvalue weighted by Crippen LogP contribution is -2.06. The van der Waals surface area contributed by atoms with Gasteiger partial charge in [0.2, 0.25) is 0 Å². The van der Waals surface area contributed by atoms with E-state index in [9.17, 15) is 4.39 Å². The smallest absolute Gasteiger partial charge is 0.0976 e. The van der Waals surface area contributed by atoms with Crippen LogP contribution in [0, 0.1) is 5.92 Å². The second-order valence-corrected chi connectivity index (χ2v) is 5.58. The molecule has 0 bridgehead atoms. The summed E-state index contributed by atoms with van der Waals surface area (Å²) in [6, 6.07) is 0. The minimum atomic E-state index is -0.615. The molecule has 0 aromatic heterocycles. The van der Waals surface area contributed by atoms with Gasteiger partial charge in [-0.25, -0.2) is 4.39 Å². The van der Waals surface area contributed by atoms with Crippen LogP contribution in [0.4, 0.5) is 4.39 Å². The molecular weight excluding hydrogens is 211 g/mol. The average Bonchev–Trinajstić information content (AvgIpc) is 2.27. The molecule has 0 saturated carbocycles. The molecule has 1 heteroatoms. The molecule has 17 heavy (non-hydrogen) atoms. The van der Waals surface area contributed by atoms with Gasteiger partial charge in [0.15, 0.2) is 0 Å². The molecule has 0 radical (unpaired) electrons. The van der Waals surface area contributed by atoms with Gasteiger partial charge in [-0.15, -0.1) is 0 Å². The zero-order valence-electron chi connectivity index (χ0n) is 12.3. The summed E-state index contributed by atoms with van der Waals surface area (Å²) in [6.07, 6.45) is 13.4. The Balaban J connectivity index is 3.40. The van der Waals surface area contributed by atoms with E-state index in [1.54, 1.807) is 6.92 Å². The Hall–Kier alpha value is -0.0700. The largest absolute Gasteiger partial charge is 0.248 e. The minimum absolute atomic E-state index is 0.615. The first kappa shape index (κ1) is 16.9. The van der Waals surface area contributed by atoms with Crippen LogP contribution in [0.3, 0.4) is 0 Å². The standard InChI is InChI=1S/C16H33F/c1-4-6-7-8-9-10-11-13-16(12-5-2)14-15(3)17/h15-16H,4-14H2,1-3H3/t15-,16+/m0/s1. The third kappa shape index (κ3) is 12.2. The van der Waals surface area contributed by atoms with Gasteiger partial charge >= 0.3 is 0 Å². The van der Waals surface area contributed by atoms with Crippen LogP contribution < -0.4 is 0 Å². The first-order chi connectivity index (χ1) is 8.20. The minimum Gasteiger partial charge on any atom is -0.248 e. The topological polar surface area (TPSA) is 0 Å². The lowest BCUT2D eigenvalue weighted by Gasteiger charge is -2.16. The number of hydrogen-bond donors (Lipinski definition) is 0. The summed E-state index contributed by atoms with van der Waals surface area (Å²) >= 11 is 0. The van der Waals surface area contributed by atoms with Crippen molar-refractivity contribution in [1.29, 1.82) is 0 Å². The molecule has 0 nitrogen and oxygen atoms in total. The molecule has 2 atom stereocenters. The van der Waals surface area contributed by atoms with Crippen LogP contribution in [0.15, 0.2) is 0 Å². The van der Waals surface area contributed by atoms with Gasteiger partial charge in [-0.1, -0.05) is 78.1 Å². The first-order valence-electron chi connectivity index (χ1n) is 7.84. The molecule has 0 aliphatic rings. The summed E-state index contributed by atoms with van der Waals surface area (Å²) in [4.78, 5) is 0. The maximum absolute atomic E-state index is 13.0. The second kappa shape index (κ2) is 12.4. The fourth-order valence-corrected chi connectivity index (χ4v) is 2.64. The molecule has 0 N–H and O–H groups in total. The van der Waals surface area contributed by atoms with Crippen LogP contribution in [0.2, 0.25) is 0 Å². The maximum atomic E-state index is 13.0. The molecule has 0 saturated heterocycles. The zero-order valence-corrected chi connectivity index (χ0v) is 12.3. The highest BCUT2D eigenvalue weighted by molar-refractivity contribution is 4.63. The Labute approximate surface area is 108 Å². The highest BCUT2D eigenvalue weighted by Gasteiger charge is 2.11. The lowest BCUT2D eigenvalue weighted by atomic mass is 9.91. The molecule has 0 aliphatic carbocycles. The summed E-state index contributed by atoms with van der Waals surface area (Å²) in [7, 11) is 0. The molecular formula is C16H33F. The Morgan fingerprint density at radius 3 is 1.88 bits per heavy atom. The molecule has 0 aromatic rings. The second-order valence-electron chi connectivity index (χ2n) is 5.58. The van der Waals surface area contributed by atoms with Gasteiger partial charge < -0.3 is 0 Å². The fraction of sp³-hybridized carbons (Fsp3) is 1.00. The predicted octanol–water partition coefficient (Wildman–Crippen LogP) is 6.29. The number of hydrogen-bond acceptors (Lipinski definition) is 0. The number of alkyl halides is 1. The SMILES string of the molecule is CCCCCCCCC[C@@H](CCC)C[C@H](C)F. The molecule has 0 amide bonds. The van der Waals surface area contributed by atoms with Crippen molar-refractivity contribution in [2.75, 3.05) is 0 Å². The quantitative estimate of drug-likeness (QED) is 0.354. The predicted molar refractivity (Wildman–Crippen MR) is 76.2 cm³/mol. The zero-order chi connectivity index (χ0) is 12.9. The third-order valence-electron chi connectivity index (χ3n) is 3.57. The summed E-state index contributed by atoms with van der Waals surface area (Å²) in [6.45, 7) is 6.17. The first-order valence-corrected chi connectivity index (χ1v) is 7.84. The van der Waals surface area contributed by atoms with Gasteiger partial charge in [0.1, 0.15) is 0 Å². The molecule has 0 rings (SSSR count). The van der Waals surface area contributed by atoms with Crippen LogP contribution in [-0.4, -0.2) is 6.17 Å².